The predicted molar refractivity (Wildman–Crippen MR) is 129 cm³/mol. The zero-order valence-corrected chi connectivity index (χ0v) is 19.2. The van der Waals surface area contributed by atoms with E-state index in [1.807, 2.05) is 36.4 Å². The molecule has 32 heavy (non-hydrogen) atoms. The molecule has 0 saturated heterocycles. The highest BCUT2D eigenvalue weighted by Crippen LogP contribution is 2.29. The number of rotatable bonds is 6. The molecule has 7 nitrogen and oxygen atoms in total. The summed E-state index contributed by atoms with van der Waals surface area (Å²) >= 11 is 8.38. The first kappa shape index (κ1) is 22.0. The van der Waals surface area contributed by atoms with Crippen molar-refractivity contribution in [3.8, 4) is 5.75 Å². The number of carbonyl (C=O) groups excluding carboxylic acids is 1. The van der Waals surface area contributed by atoms with Crippen LogP contribution in [0, 0.1) is 13.7 Å². The van der Waals surface area contributed by atoms with Gasteiger partial charge in [-0.05, 0) is 46.9 Å². The van der Waals surface area contributed by atoms with E-state index in [9.17, 15) is 14.9 Å². The highest BCUT2D eigenvalue weighted by molar-refractivity contribution is 14.1. The first-order valence-electron chi connectivity index (χ1n) is 9.34. The second-order valence-corrected chi connectivity index (χ2v) is 8.24. The number of nitro groups is 1. The quantitative estimate of drug-likeness (QED) is 0.125. The van der Waals surface area contributed by atoms with Gasteiger partial charge in [0, 0.05) is 26.8 Å². The summed E-state index contributed by atoms with van der Waals surface area (Å²) in [4.78, 5) is 27.0. The van der Waals surface area contributed by atoms with Gasteiger partial charge in [-0.2, -0.15) is 0 Å². The van der Waals surface area contributed by atoms with Crippen molar-refractivity contribution in [2.75, 3.05) is 0 Å². The summed E-state index contributed by atoms with van der Waals surface area (Å²) in [6.45, 7) is 0.372. The number of esters is 1. The molecule has 0 atom stereocenters. The number of benzene rings is 3. The smallest absolute Gasteiger partial charge is 0.363 e. The lowest BCUT2D eigenvalue weighted by atomic mass is 10.1. The molecule has 9 heteroatoms. The minimum atomic E-state index is -0.651. The van der Waals surface area contributed by atoms with Crippen LogP contribution < -0.4 is 4.74 Å². The van der Waals surface area contributed by atoms with Crippen LogP contribution in [0.3, 0.4) is 0 Å². The molecule has 1 heterocycles. The van der Waals surface area contributed by atoms with Crippen LogP contribution in [0.25, 0.3) is 6.08 Å². The predicted octanol–water partition coefficient (Wildman–Crippen LogP) is 5.78. The first-order chi connectivity index (χ1) is 15.4. The van der Waals surface area contributed by atoms with E-state index in [1.165, 1.54) is 18.2 Å². The second-order valence-electron chi connectivity index (χ2n) is 6.68. The fraction of sp³-hybridized carbons (Fsp3) is 0.0435. The molecule has 0 fully saturated rings. The Kier molecular flexibility index (Phi) is 6.52. The van der Waals surface area contributed by atoms with E-state index < -0.39 is 10.9 Å². The van der Waals surface area contributed by atoms with E-state index in [2.05, 4.69) is 27.6 Å². The number of carbonyl (C=O) groups is 1. The SMILES string of the molecule is O=C1OC(c2ccc([N+](=O)[O-])cc2Cl)=N/C1=C\c1ccccc1OCc1ccccc1I. The first-order valence-corrected chi connectivity index (χ1v) is 10.8. The van der Waals surface area contributed by atoms with Crippen molar-refractivity contribution in [1.29, 1.82) is 0 Å². The highest BCUT2D eigenvalue weighted by Gasteiger charge is 2.27. The fourth-order valence-corrected chi connectivity index (χ4v) is 3.76. The Morgan fingerprint density at radius 3 is 2.62 bits per heavy atom. The van der Waals surface area contributed by atoms with Crippen molar-refractivity contribution in [2.24, 2.45) is 4.99 Å². The van der Waals surface area contributed by atoms with Crippen molar-refractivity contribution in [3.63, 3.8) is 0 Å². The van der Waals surface area contributed by atoms with Gasteiger partial charge in [0.2, 0.25) is 5.90 Å². The summed E-state index contributed by atoms with van der Waals surface area (Å²) in [5.74, 6) is -0.0790. The number of aliphatic imine (C=N–C) groups is 1. The summed E-state index contributed by atoms with van der Waals surface area (Å²) in [7, 11) is 0. The lowest BCUT2D eigenvalue weighted by molar-refractivity contribution is -0.384. The molecule has 0 aliphatic carbocycles. The molecule has 4 rings (SSSR count). The number of halogens is 2. The van der Waals surface area contributed by atoms with Gasteiger partial charge in [-0.1, -0.05) is 48.0 Å². The third-order valence-electron chi connectivity index (χ3n) is 4.57. The van der Waals surface area contributed by atoms with Crippen molar-refractivity contribution < 1.29 is 19.2 Å². The summed E-state index contributed by atoms with van der Waals surface area (Å²) in [5, 5.41) is 11.0. The van der Waals surface area contributed by atoms with Crippen LogP contribution >= 0.6 is 34.2 Å². The van der Waals surface area contributed by atoms with Crippen LogP contribution in [0.2, 0.25) is 5.02 Å². The van der Waals surface area contributed by atoms with E-state index >= 15 is 0 Å². The molecule has 0 spiro atoms. The van der Waals surface area contributed by atoms with E-state index in [1.54, 1.807) is 18.2 Å². The van der Waals surface area contributed by atoms with Gasteiger partial charge in [0.25, 0.3) is 5.69 Å². The molecule has 0 radical (unpaired) electrons. The van der Waals surface area contributed by atoms with E-state index in [4.69, 9.17) is 21.1 Å². The number of para-hydroxylation sites is 1. The molecule has 1 aliphatic rings. The monoisotopic (exact) mass is 560 g/mol. The number of nitrogens with zero attached hydrogens (tertiary/aromatic N) is 2. The molecule has 0 unspecified atom stereocenters. The molecular weight excluding hydrogens is 547 g/mol. The molecular formula is C23H14ClIN2O5. The van der Waals surface area contributed by atoms with Gasteiger partial charge in [0.05, 0.1) is 15.5 Å². The number of ether oxygens (including phenoxy) is 2. The Labute approximate surface area is 201 Å². The standard InChI is InChI=1S/C23H14ClIN2O5/c24-18-12-16(27(29)30)9-10-17(18)22-26-20(23(28)32-22)11-14-5-2-4-8-21(14)31-13-15-6-1-3-7-19(15)25/h1-12H,13H2/b20-11-. The van der Waals surface area contributed by atoms with Crippen LogP contribution in [0.1, 0.15) is 16.7 Å². The summed E-state index contributed by atoms with van der Waals surface area (Å²) in [6.07, 6.45) is 1.57. The van der Waals surface area contributed by atoms with Gasteiger partial charge in [0.15, 0.2) is 5.70 Å². The molecule has 3 aromatic rings. The molecule has 3 aromatic carbocycles. The Morgan fingerprint density at radius 2 is 1.88 bits per heavy atom. The minimum Gasteiger partial charge on any atom is -0.488 e. The molecule has 0 saturated carbocycles. The number of nitro benzene ring substituents is 1. The number of non-ortho nitro benzene ring substituents is 1. The normalized spacial score (nSPS) is 14.2. The lowest BCUT2D eigenvalue weighted by Crippen LogP contribution is -2.06. The van der Waals surface area contributed by atoms with Gasteiger partial charge in [-0.15, -0.1) is 0 Å². The Balaban J connectivity index is 1.60. The maximum absolute atomic E-state index is 12.4. The van der Waals surface area contributed by atoms with Crippen molar-refractivity contribution >= 4 is 57.8 Å². The Morgan fingerprint density at radius 1 is 1.12 bits per heavy atom. The number of hydrogen-bond donors (Lipinski definition) is 0. The molecule has 160 valence electrons. The van der Waals surface area contributed by atoms with Crippen LogP contribution in [0.4, 0.5) is 5.69 Å². The van der Waals surface area contributed by atoms with Crippen molar-refractivity contribution in [2.45, 2.75) is 6.61 Å². The molecule has 0 N–H and O–H groups in total. The third-order valence-corrected chi connectivity index (χ3v) is 5.93. The Bertz CT molecular complexity index is 1290. The summed E-state index contributed by atoms with van der Waals surface area (Å²) in [6, 6.07) is 19.0. The Hall–Kier alpha value is -3.24. The number of hydrogen-bond acceptors (Lipinski definition) is 6. The summed E-state index contributed by atoms with van der Waals surface area (Å²) < 4.78 is 12.3. The fourth-order valence-electron chi connectivity index (χ4n) is 2.96. The molecule has 0 aromatic heterocycles. The zero-order valence-electron chi connectivity index (χ0n) is 16.3. The summed E-state index contributed by atoms with van der Waals surface area (Å²) in [5.41, 5.74) is 1.89. The van der Waals surface area contributed by atoms with Crippen LogP contribution in [0.15, 0.2) is 77.4 Å². The second kappa shape index (κ2) is 9.49. The minimum absolute atomic E-state index is 0.0154. The molecule has 0 bridgehead atoms. The number of cyclic esters (lactones) is 1. The van der Waals surface area contributed by atoms with Crippen LogP contribution in [-0.2, 0) is 16.1 Å². The maximum atomic E-state index is 12.4. The van der Waals surface area contributed by atoms with E-state index in [-0.39, 0.29) is 27.9 Å². The highest BCUT2D eigenvalue weighted by atomic mass is 127. The molecule has 1 aliphatic heterocycles. The van der Waals surface area contributed by atoms with E-state index in [0.717, 1.165) is 9.13 Å². The average molecular weight is 561 g/mol. The van der Waals surface area contributed by atoms with Gasteiger partial charge in [0.1, 0.15) is 12.4 Å². The maximum Gasteiger partial charge on any atom is 0.363 e. The van der Waals surface area contributed by atoms with E-state index in [0.29, 0.717) is 17.9 Å². The average Bonchev–Trinajstić information content (AvgIpc) is 3.13. The van der Waals surface area contributed by atoms with Crippen LogP contribution in [-0.4, -0.2) is 16.8 Å². The third kappa shape index (κ3) is 4.81. The van der Waals surface area contributed by atoms with Gasteiger partial charge in [-0.3, -0.25) is 10.1 Å². The van der Waals surface area contributed by atoms with Gasteiger partial charge < -0.3 is 9.47 Å². The van der Waals surface area contributed by atoms with Gasteiger partial charge >= 0.3 is 5.97 Å². The van der Waals surface area contributed by atoms with Crippen LogP contribution in [0.5, 0.6) is 5.75 Å². The molecule has 0 amide bonds. The topological polar surface area (TPSA) is 91.0 Å². The van der Waals surface area contributed by atoms with Crippen molar-refractivity contribution in [1.82, 2.24) is 0 Å². The van der Waals surface area contributed by atoms with Gasteiger partial charge in [-0.25, -0.2) is 9.79 Å². The van der Waals surface area contributed by atoms with Crippen molar-refractivity contribution in [3.05, 3.63) is 108 Å². The largest absolute Gasteiger partial charge is 0.488 e. The zero-order chi connectivity index (χ0) is 22.7. The lowest BCUT2D eigenvalue weighted by Gasteiger charge is -2.10.